The number of aromatic nitrogens is 1. The first-order chi connectivity index (χ1) is 11.7. The highest BCUT2D eigenvalue weighted by atomic mass is 16.3. The van der Waals surface area contributed by atoms with Crippen molar-refractivity contribution in [1.82, 2.24) is 4.57 Å². The minimum atomic E-state index is -0.511. The summed E-state index contributed by atoms with van der Waals surface area (Å²) in [4.78, 5) is 0. The van der Waals surface area contributed by atoms with Gasteiger partial charge in [-0.05, 0) is 37.0 Å². The van der Waals surface area contributed by atoms with Crippen LogP contribution in [0.5, 0.6) is 0 Å². The maximum absolute atomic E-state index is 10.7. The second-order valence-electron chi connectivity index (χ2n) is 6.33. The molecule has 0 radical (unpaired) electrons. The zero-order valence-corrected chi connectivity index (χ0v) is 14.5. The lowest BCUT2D eigenvalue weighted by atomic mass is 10.1. The molecule has 1 N–H and O–H groups in total. The first kappa shape index (κ1) is 16.5. The monoisotopic (exact) mass is 319 g/mol. The van der Waals surface area contributed by atoms with E-state index in [9.17, 15) is 5.11 Å². The minimum Gasteiger partial charge on any atom is -0.387 e. The molecule has 0 aliphatic heterocycles. The predicted octanol–water partition coefficient (Wildman–Crippen LogP) is 4.97. The summed E-state index contributed by atoms with van der Waals surface area (Å²) in [7, 11) is 0. The quantitative estimate of drug-likeness (QED) is 0.637. The zero-order chi connectivity index (χ0) is 17.1. The largest absolute Gasteiger partial charge is 0.387 e. The summed E-state index contributed by atoms with van der Waals surface area (Å²) in [6.45, 7) is 8.72. The van der Waals surface area contributed by atoms with Gasteiger partial charge in [-0.3, -0.25) is 0 Å². The Balaban J connectivity index is 2.04. The molecule has 1 unspecified atom stereocenters. The van der Waals surface area contributed by atoms with Crippen LogP contribution in [0.25, 0.3) is 10.9 Å². The number of para-hydroxylation sites is 1. The Morgan fingerprint density at radius 3 is 2.50 bits per heavy atom. The summed E-state index contributed by atoms with van der Waals surface area (Å²) >= 11 is 0. The molecule has 0 amide bonds. The Morgan fingerprint density at radius 1 is 1.12 bits per heavy atom. The first-order valence-corrected chi connectivity index (χ1v) is 8.60. The number of hydrogen-bond donors (Lipinski definition) is 1. The summed E-state index contributed by atoms with van der Waals surface area (Å²) in [6.07, 6.45) is 3.25. The molecule has 1 aromatic heterocycles. The number of fused-ring (bicyclic) bond motifs is 1. The van der Waals surface area contributed by atoms with Gasteiger partial charge in [0.15, 0.2) is 0 Å². The van der Waals surface area contributed by atoms with E-state index in [-0.39, 0.29) is 0 Å². The highest BCUT2D eigenvalue weighted by Gasteiger charge is 2.17. The third-order valence-electron chi connectivity index (χ3n) is 4.70. The average molecular weight is 319 g/mol. The lowest BCUT2D eigenvalue weighted by molar-refractivity contribution is 0.157. The molecular weight excluding hydrogens is 294 g/mol. The first-order valence-electron chi connectivity index (χ1n) is 8.60. The molecular formula is C22H25NO. The summed E-state index contributed by atoms with van der Waals surface area (Å²) in [5, 5.41) is 12.0. The zero-order valence-electron chi connectivity index (χ0n) is 14.5. The van der Waals surface area contributed by atoms with E-state index in [0.717, 1.165) is 18.4 Å². The van der Waals surface area contributed by atoms with E-state index in [1.54, 1.807) is 0 Å². The van der Waals surface area contributed by atoms with Crippen molar-refractivity contribution in [2.24, 2.45) is 0 Å². The second-order valence-corrected chi connectivity index (χ2v) is 6.33. The van der Waals surface area contributed by atoms with Gasteiger partial charge in [0.2, 0.25) is 0 Å². The maximum atomic E-state index is 10.7. The number of aliphatic hydroxyl groups excluding tert-OH is 1. The highest BCUT2D eigenvalue weighted by Crippen LogP contribution is 2.29. The van der Waals surface area contributed by atoms with Crippen LogP contribution in [0.15, 0.2) is 61.2 Å². The minimum absolute atomic E-state index is 0.511. The number of aliphatic hydroxyl groups is 1. The van der Waals surface area contributed by atoms with Gasteiger partial charge in [0, 0.05) is 16.6 Å². The fourth-order valence-corrected chi connectivity index (χ4v) is 3.48. The molecule has 0 saturated heterocycles. The van der Waals surface area contributed by atoms with Crippen molar-refractivity contribution in [3.8, 4) is 0 Å². The number of aryl methyl sites for hydroxylation is 1. The van der Waals surface area contributed by atoms with E-state index >= 15 is 0 Å². The third-order valence-corrected chi connectivity index (χ3v) is 4.70. The summed E-state index contributed by atoms with van der Waals surface area (Å²) in [5.74, 6) is 0. The van der Waals surface area contributed by atoms with E-state index in [1.165, 1.54) is 27.7 Å². The molecule has 0 aliphatic carbocycles. The molecule has 1 atom stereocenters. The van der Waals surface area contributed by atoms with Crippen molar-refractivity contribution in [3.63, 3.8) is 0 Å². The van der Waals surface area contributed by atoms with Crippen LogP contribution in [-0.4, -0.2) is 9.67 Å². The summed E-state index contributed by atoms with van der Waals surface area (Å²) in [5.41, 5.74) is 5.99. The Labute approximate surface area is 144 Å². The van der Waals surface area contributed by atoms with Crippen molar-refractivity contribution < 1.29 is 5.11 Å². The van der Waals surface area contributed by atoms with Gasteiger partial charge in [-0.2, -0.15) is 0 Å². The van der Waals surface area contributed by atoms with Gasteiger partial charge in [0.05, 0.1) is 12.6 Å². The third kappa shape index (κ3) is 3.02. The molecule has 0 saturated carbocycles. The molecule has 3 aromatic rings. The van der Waals surface area contributed by atoms with Crippen LogP contribution in [0, 0.1) is 6.92 Å². The SMILES string of the molecule is C=CCc1c(CC)n(CC(O)c2ccc(C)cc2)c2ccccc12. The van der Waals surface area contributed by atoms with Gasteiger partial charge in [-0.1, -0.05) is 61.0 Å². The standard InChI is InChI=1S/C22H25NO/c1-4-8-18-19-9-6-7-10-21(19)23(20(18)5-2)15-22(24)17-13-11-16(3)12-14-17/h4,6-7,9-14,22,24H,1,5,8,15H2,2-3H3. The number of nitrogens with zero attached hydrogens (tertiary/aromatic N) is 1. The van der Waals surface area contributed by atoms with Crippen molar-refractivity contribution >= 4 is 10.9 Å². The molecule has 2 nitrogen and oxygen atoms in total. The van der Waals surface area contributed by atoms with Crippen LogP contribution in [0.3, 0.4) is 0 Å². The van der Waals surface area contributed by atoms with Gasteiger partial charge < -0.3 is 9.67 Å². The van der Waals surface area contributed by atoms with Crippen LogP contribution < -0.4 is 0 Å². The van der Waals surface area contributed by atoms with Gasteiger partial charge in [-0.25, -0.2) is 0 Å². The Kier molecular flexibility index (Phi) is 4.86. The second kappa shape index (κ2) is 7.06. The number of hydrogen-bond acceptors (Lipinski definition) is 1. The van der Waals surface area contributed by atoms with E-state index in [0.29, 0.717) is 6.54 Å². The summed E-state index contributed by atoms with van der Waals surface area (Å²) in [6, 6.07) is 16.6. The number of benzene rings is 2. The van der Waals surface area contributed by atoms with E-state index < -0.39 is 6.10 Å². The Morgan fingerprint density at radius 2 is 1.83 bits per heavy atom. The molecule has 0 fully saturated rings. The Bertz CT molecular complexity index is 842. The lowest BCUT2D eigenvalue weighted by Gasteiger charge is -2.16. The van der Waals surface area contributed by atoms with Gasteiger partial charge in [0.1, 0.15) is 0 Å². The molecule has 2 heteroatoms. The topological polar surface area (TPSA) is 25.2 Å². The molecule has 2 aromatic carbocycles. The molecule has 24 heavy (non-hydrogen) atoms. The van der Waals surface area contributed by atoms with Crippen LogP contribution in [0.2, 0.25) is 0 Å². The van der Waals surface area contributed by atoms with Crippen LogP contribution in [0.4, 0.5) is 0 Å². The van der Waals surface area contributed by atoms with Gasteiger partial charge in [0.25, 0.3) is 0 Å². The molecule has 0 aliphatic rings. The predicted molar refractivity (Wildman–Crippen MR) is 101 cm³/mol. The molecule has 3 rings (SSSR count). The van der Waals surface area contributed by atoms with Crippen molar-refractivity contribution in [2.75, 3.05) is 0 Å². The van der Waals surface area contributed by atoms with Crippen LogP contribution in [0.1, 0.15) is 35.4 Å². The number of rotatable bonds is 6. The molecule has 124 valence electrons. The smallest absolute Gasteiger partial charge is 0.0969 e. The fraction of sp³-hybridized carbons (Fsp3) is 0.273. The van der Waals surface area contributed by atoms with E-state index in [4.69, 9.17) is 0 Å². The molecule has 0 bridgehead atoms. The summed E-state index contributed by atoms with van der Waals surface area (Å²) < 4.78 is 2.28. The fourth-order valence-electron chi connectivity index (χ4n) is 3.48. The van der Waals surface area contributed by atoms with Crippen LogP contribution in [-0.2, 0) is 19.4 Å². The molecule has 1 heterocycles. The highest BCUT2D eigenvalue weighted by molar-refractivity contribution is 5.85. The van der Waals surface area contributed by atoms with Crippen molar-refractivity contribution in [1.29, 1.82) is 0 Å². The lowest BCUT2D eigenvalue weighted by Crippen LogP contribution is -2.11. The molecule has 0 spiro atoms. The number of allylic oxidation sites excluding steroid dienone is 1. The Hall–Kier alpha value is -2.32. The van der Waals surface area contributed by atoms with E-state index in [2.05, 4.69) is 61.4 Å². The van der Waals surface area contributed by atoms with E-state index in [1.807, 2.05) is 18.2 Å². The normalized spacial score (nSPS) is 12.5. The van der Waals surface area contributed by atoms with Crippen LogP contribution >= 0.6 is 0 Å². The van der Waals surface area contributed by atoms with Crippen molar-refractivity contribution in [3.05, 3.63) is 83.6 Å². The van der Waals surface area contributed by atoms with Gasteiger partial charge >= 0.3 is 0 Å². The average Bonchev–Trinajstić information content (AvgIpc) is 2.89. The maximum Gasteiger partial charge on any atom is 0.0969 e. The van der Waals surface area contributed by atoms with Gasteiger partial charge in [-0.15, -0.1) is 6.58 Å². The van der Waals surface area contributed by atoms with Crippen molar-refractivity contribution in [2.45, 2.75) is 39.3 Å².